The molecule has 5 heteroatoms. The average molecular weight is 265 g/mol. The lowest BCUT2D eigenvalue weighted by Gasteiger charge is -2.12. The normalized spacial score (nSPS) is 11.7. The van der Waals surface area contributed by atoms with Gasteiger partial charge in [0.05, 0.1) is 13.0 Å². The van der Waals surface area contributed by atoms with Gasteiger partial charge < -0.3 is 15.2 Å². The van der Waals surface area contributed by atoms with E-state index in [2.05, 4.69) is 5.32 Å². The van der Waals surface area contributed by atoms with Crippen molar-refractivity contribution in [2.45, 2.75) is 32.7 Å². The van der Waals surface area contributed by atoms with Crippen LogP contribution < -0.4 is 10.1 Å². The van der Waals surface area contributed by atoms with E-state index < -0.39 is 12.0 Å². The van der Waals surface area contributed by atoms with Crippen LogP contribution in [0.15, 0.2) is 24.3 Å². The molecule has 1 rings (SSSR count). The number of amides is 1. The molecule has 1 atom stereocenters. The van der Waals surface area contributed by atoms with Crippen LogP contribution in [0.4, 0.5) is 0 Å². The van der Waals surface area contributed by atoms with Crippen molar-refractivity contribution in [3.05, 3.63) is 29.8 Å². The predicted molar refractivity (Wildman–Crippen MR) is 71.1 cm³/mol. The molecule has 0 fully saturated rings. The molecule has 0 spiro atoms. The molecule has 1 aromatic carbocycles. The number of hydrogen-bond donors (Lipinski definition) is 2. The predicted octanol–water partition coefficient (Wildman–Crippen LogP) is 1.74. The van der Waals surface area contributed by atoms with E-state index in [-0.39, 0.29) is 18.9 Å². The maximum Gasteiger partial charge on any atom is 0.326 e. The Bertz CT molecular complexity index is 445. The van der Waals surface area contributed by atoms with Crippen LogP contribution in [0.5, 0.6) is 5.75 Å². The monoisotopic (exact) mass is 265 g/mol. The van der Waals surface area contributed by atoms with Gasteiger partial charge in [0.2, 0.25) is 5.91 Å². The van der Waals surface area contributed by atoms with Gasteiger partial charge in [-0.1, -0.05) is 19.1 Å². The summed E-state index contributed by atoms with van der Waals surface area (Å²) in [6.07, 6.45) is 0.498. The Labute approximate surface area is 112 Å². The molecule has 19 heavy (non-hydrogen) atoms. The smallest absolute Gasteiger partial charge is 0.326 e. The van der Waals surface area contributed by atoms with Crippen molar-refractivity contribution in [3.8, 4) is 5.75 Å². The van der Waals surface area contributed by atoms with Gasteiger partial charge in [-0.25, -0.2) is 4.79 Å². The molecule has 0 radical (unpaired) electrons. The van der Waals surface area contributed by atoms with Crippen LogP contribution in [0, 0.1) is 6.92 Å². The third-order valence-corrected chi connectivity index (χ3v) is 2.63. The van der Waals surface area contributed by atoms with Gasteiger partial charge in [-0.05, 0) is 31.0 Å². The second-order valence-electron chi connectivity index (χ2n) is 4.28. The summed E-state index contributed by atoms with van der Waals surface area (Å²) in [7, 11) is 0. The van der Waals surface area contributed by atoms with Crippen LogP contribution >= 0.6 is 0 Å². The zero-order chi connectivity index (χ0) is 14.3. The van der Waals surface area contributed by atoms with E-state index >= 15 is 0 Å². The summed E-state index contributed by atoms with van der Waals surface area (Å²) < 4.78 is 5.42. The number of carbonyl (C=O) groups is 2. The Morgan fingerprint density at radius 3 is 2.74 bits per heavy atom. The summed E-state index contributed by atoms with van der Waals surface area (Å²) in [6, 6.07) is 6.70. The minimum atomic E-state index is -1.02. The maximum absolute atomic E-state index is 11.5. The summed E-state index contributed by atoms with van der Waals surface area (Å²) in [5.41, 5.74) is 1.08. The molecule has 0 bridgehead atoms. The molecule has 0 aliphatic rings. The average Bonchev–Trinajstić information content (AvgIpc) is 2.35. The number of nitrogens with one attached hydrogen (secondary N) is 1. The van der Waals surface area contributed by atoms with Crippen molar-refractivity contribution >= 4 is 11.9 Å². The fourth-order valence-corrected chi connectivity index (χ4v) is 1.57. The van der Waals surface area contributed by atoms with Gasteiger partial charge in [0.25, 0.3) is 0 Å². The second-order valence-corrected chi connectivity index (χ2v) is 4.28. The number of carbonyl (C=O) groups excluding carboxylic acids is 1. The minimum absolute atomic E-state index is 0.137. The summed E-state index contributed by atoms with van der Waals surface area (Å²) in [5.74, 6) is -0.629. The largest absolute Gasteiger partial charge is 0.493 e. The van der Waals surface area contributed by atoms with Crippen molar-refractivity contribution in [1.82, 2.24) is 5.32 Å². The summed E-state index contributed by atoms with van der Waals surface area (Å²) in [4.78, 5) is 22.3. The van der Waals surface area contributed by atoms with E-state index in [1.54, 1.807) is 6.92 Å². The van der Waals surface area contributed by atoms with Crippen LogP contribution in [0.2, 0.25) is 0 Å². The zero-order valence-electron chi connectivity index (χ0n) is 11.2. The van der Waals surface area contributed by atoms with Gasteiger partial charge in [-0.15, -0.1) is 0 Å². The standard InChI is InChI=1S/C14H19NO4/c1-3-12(14(17)18)15-13(16)7-8-19-11-6-4-5-10(2)9-11/h4-6,9,12H,3,7-8H2,1-2H3,(H,15,16)(H,17,18). The van der Waals surface area contributed by atoms with Gasteiger partial charge in [-0.2, -0.15) is 0 Å². The Morgan fingerprint density at radius 2 is 2.16 bits per heavy atom. The number of aliphatic carboxylic acids is 1. The van der Waals surface area contributed by atoms with Gasteiger partial charge in [-0.3, -0.25) is 4.79 Å². The Balaban J connectivity index is 2.33. The Morgan fingerprint density at radius 1 is 1.42 bits per heavy atom. The number of hydrogen-bond acceptors (Lipinski definition) is 3. The second kappa shape index (κ2) is 7.41. The van der Waals surface area contributed by atoms with Crippen LogP contribution in [-0.4, -0.2) is 29.6 Å². The molecule has 0 aliphatic heterocycles. The van der Waals surface area contributed by atoms with Crippen LogP contribution in [0.1, 0.15) is 25.3 Å². The molecule has 104 valence electrons. The lowest BCUT2D eigenvalue weighted by Crippen LogP contribution is -2.40. The van der Waals surface area contributed by atoms with Gasteiger partial charge in [0.15, 0.2) is 0 Å². The summed E-state index contributed by atoms with van der Waals surface area (Å²) >= 11 is 0. The highest BCUT2D eigenvalue weighted by Gasteiger charge is 2.17. The van der Waals surface area contributed by atoms with E-state index in [0.717, 1.165) is 5.56 Å². The van der Waals surface area contributed by atoms with Gasteiger partial charge in [0.1, 0.15) is 11.8 Å². The number of carboxylic acid groups (broad SMARTS) is 1. The first-order valence-corrected chi connectivity index (χ1v) is 6.24. The molecular formula is C14H19NO4. The molecule has 2 N–H and O–H groups in total. The van der Waals surface area contributed by atoms with E-state index in [1.165, 1.54) is 0 Å². The number of rotatable bonds is 7. The maximum atomic E-state index is 11.5. The number of benzene rings is 1. The highest BCUT2D eigenvalue weighted by Crippen LogP contribution is 2.12. The minimum Gasteiger partial charge on any atom is -0.493 e. The van der Waals surface area contributed by atoms with Crippen molar-refractivity contribution in [1.29, 1.82) is 0 Å². The quantitative estimate of drug-likeness (QED) is 0.787. The van der Waals surface area contributed by atoms with Crippen molar-refractivity contribution in [2.24, 2.45) is 0 Å². The summed E-state index contributed by atoms with van der Waals surface area (Å²) in [6.45, 7) is 3.89. The lowest BCUT2D eigenvalue weighted by molar-refractivity contribution is -0.142. The molecule has 5 nitrogen and oxygen atoms in total. The molecule has 0 aliphatic carbocycles. The molecule has 1 aromatic rings. The van der Waals surface area contributed by atoms with Crippen molar-refractivity contribution < 1.29 is 19.4 Å². The molecule has 0 heterocycles. The van der Waals surface area contributed by atoms with Crippen LogP contribution in [0.3, 0.4) is 0 Å². The lowest BCUT2D eigenvalue weighted by atomic mass is 10.2. The number of ether oxygens (including phenoxy) is 1. The van der Waals surface area contributed by atoms with Crippen LogP contribution in [-0.2, 0) is 9.59 Å². The molecule has 1 amide bonds. The van der Waals surface area contributed by atoms with E-state index in [4.69, 9.17) is 9.84 Å². The fourth-order valence-electron chi connectivity index (χ4n) is 1.57. The molecule has 0 saturated carbocycles. The third kappa shape index (κ3) is 5.42. The summed E-state index contributed by atoms with van der Waals surface area (Å²) in [5, 5.41) is 11.3. The first-order chi connectivity index (χ1) is 9.02. The van der Waals surface area contributed by atoms with E-state index in [9.17, 15) is 9.59 Å². The molecular weight excluding hydrogens is 246 g/mol. The molecule has 0 aromatic heterocycles. The van der Waals surface area contributed by atoms with Crippen molar-refractivity contribution in [2.75, 3.05) is 6.61 Å². The number of carboxylic acids is 1. The van der Waals surface area contributed by atoms with E-state index in [1.807, 2.05) is 31.2 Å². The Hall–Kier alpha value is -2.04. The van der Waals surface area contributed by atoms with E-state index in [0.29, 0.717) is 12.2 Å². The fraction of sp³-hybridized carbons (Fsp3) is 0.429. The highest BCUT2D eigenvalue weighted by atomic mass is 16.5. The Kier molecular flexibility index (Phi) is 5.85. The molecule has 0 saturated heterocycles. The topological polar surface area (TPSA) is 75.6 Å². The number of aryl methyl sites for hydroxylation is 1. The zero-order valence-corrected chi connectivity index (χ0v) is 11.2. The molecule has 1 unspecified atom stereocenters. The van der Waals surface area contributed by atoms with Crippen LogP contribution in [0.25, 0.3) is 0 Å². The highest BCUT2D eigenvalue weighted by molar-refractivity contribution is 5.83. The van der Waals surface area contributed by atoms with Crippen molar-refractivity contribution in [3.63, 3.8) is 0 Å². The first kappa shape index (κ1) is 15.0. The van der Waals surface area contributed by atoms with Gasteiger partial charge in [0, 0.05) is 0 Å². The third-order valence-electron chi connectivity index (χ3n) is 2.63. The van der Waals surface area contributed by atoms with Gasteiger partial charge >= 0.3 is 5.97 Å². The SMILES string of the molecule is CCC(NC(=O)CCOc1cccc(C)c1)C(=O)O. The first-order valence-electron chi connectivity index (χ1n) is 6.24.